The highest BCUT2D eigenvalue weighted by Gasteiger charge is 2.20. The van der Waals surface area contributed by atoms with E-state index in [4.69, 9.17) is 9.47 Å². The molecule has 150 valence electrons. The minimum atomic E-state index is -0.908. The van der Waals surface area contributed by atoms with Crippen molar-refractivity contribution in [2.24, 2.45) is 7.05 Å². The van der Waals surface area contributed by atoms with Gasteiger partial charge in [0, 0.05) is 21.1 Å². The number of fused-ring (bicyclic) bond motifs is 1. The van der Waals surface area contributed by atoms with Crippen molar-refractivity contribution in [2.75, 3.05) is 32.7 Å². The average molecular weight is 389 g/mol. The van der Waals surface area contributed by atoms with E-state index >= 15 is 0 Å². The Hall–Kier alpha value is -3.27. The first-order chi connectivity index (χ1) is 13.3. The van der Waals surface area contributed by atoms with Gasteiger partial charge in [-0.05, 0) is 24.3 Å². The Morgan fingerprint density at radius 3 is 2.46 bits per heavy atom. The van der Waals surface area contributed by atoms with Crippen molar-refractivity contribution < 1.29 is 14.6 Å². The number of hydrogen-bond donors (Lipinski definition) is 2. The number of methoxy groups -OCH3 is 1. The fraction of sp³-hybridized carbons (Fsp3) is 0.389. The van der Waals surface area contributed by atoms with Crippen molar-refractivity contribution >= 4 is 17.1 Å². The maximum Gasteiger partial charge on any atom is 0.329 e. The van der Waals surface area contributed by atoms with Crippen LogP contribution in [0.25, 0.3) is 11.2 Å². The summed E-state index contributed by atoms with van der Waals surface area (Å²) in [5, 5.41) is 10.5. The summed E-state index contributed by atoms with van der Waals surface area (Å²) >= 11 is 0. The van der Waals surface area contributed by atoms with Crippen LogP contribution in [0.5, 0.6) is 11.5 Å². The molecule has 0 bridgehead atoms. The number of ether oxygens (including phenoxy) is 2. The first kappa shape index (κ1) is 19.5. The molecule has 1 aromatic carbocycles. The van der Waals surface area contributed by atoms with Crippen LogP contribution < -0.4 is 25.6 Å². The van der Waals surface area contributed by atoms with Crippen LogP contribution in [0.3, 0.4) is 0 Å². The molecule has 0 saturated carbocycles. The quantitative estimate of drug-likeness (QED) is 0.582. The van der Waals surface area contributed by atoms with Crippen LogP contribution in [0.15, 0.2) is 33.9 Å². The molecule has 0 aliphatic carbocycles. The lowest BCUT2D eigenvalue weighted by atomic mass is 10.3. The van der Waals surface area contributed by atoms with Gasteiger partial charge in [-0.3, -0.25) is 14.3 Å². The Morgan fingerprint density at radius 1 is 1.21 bits per heavy atom. The minimum absolute atomic E-state index is 0.0164. The molecule has 1 atom stereocenters. The number of aromatic amines is 1. The summed E-state index contributed by atoms with van der Waals surface area (Å²) in [4.78, 5) is 32.6. The molecule has 3 aromatic rings. The molecular weight excluding hydrogens is 366 g/mol. The van der Waals surface area contributed by atoms with Crippen molar-refractivity contribution in [3.8, 4) is 11.5 Å². The lowest BCUT2D eigenvalue weighted by molar-refractivity contribution is 0.0937. The number of nitrogens with zero attached hydrogens (tertiary/aromatic N) is 4. The van der Waals surface area contributed by atoms with Crippen LogP contribution in [0.2, 0.25) is 0 Å². The molecule has 0 aliphatic rings. The van der Waals surface area contributed by atoms with Gasteiger partial charge in [0.05, 0.1) is 13.7 Å². The fourth-order valence-corrected chi connectivity index (χ4v) is 2.87. The number of aromatic nitrogens is 4. The third-order valence-electron chi connectivity index (χ3n) is 4.28. The molecule has 0 saturated heterocycles. The summed E-state index contributed by atoms with van der Waals surface area (Å²) in [6.07, 6.45) is -0.908. The minimum Gasteiger partial charge on any atom is -0.497 e. The molecule has 0 amide bonds. The summed E-state index contributed by atoms with van der Waals surface area (Å²) < 4.78 is 13.5. The Bertz CT molecular complexity index is 1080. The number of hydrogen-bond acceptors (Lipinski definition) is 7. The predicted molar refractivity (Wildman–Crippen MR) is 104 cm³/mol. The number of rotatable bonds is 7. The highest BCUT2D eigenvalue weighted by molar-refractivity contribution is 5.74. The summed E-state index contributed by atoms with van der Waals surface area (Å²) in [6, 6.07) is 7.00. The van der Waals surface area contributed by atoms with Gasteiger partial charge in [0.15, 0.2) is 11.2 Å². The second-order valence-corrected chi connectivity index (χ2v) is 6.55. The van der Waals surface area contributed by atoms with E-state index in [0.717, 1.165) is 0 Å². The first-order valence-electron chi connectivity index (χ1n) is 8.63. The number of aryl methyl sites for hydroxylation is 1. The van der Waals surface area contributed by atoms with E-state index in [1.165, 1.54) is 11.6 Å². The second-order valence-electron chi connectivity index (χ2n) is 6.55. The predicted octanol–water partition coefficient (Wildman–Crippen LogP) is -0.0622. The van der Waals surface area contributed by atoms with Gasteiger partial charge in [0.1, 0.15) is 24.2 Å². The van der Waals surface area contributed by atoms with Crippen LogP contribution in [-0.4, -0.2) is 58.1 Å². The van der Waals surface area contributed by atoms with Crippen molar-refractivity contribution in [1.82, 2.24) is 19.1 Å². The zero-order chi connectivity index (χ0) is 20.4. The standard InChI is InChI=1S/C18H23N5O5/c1-21(2)17-19-15-14(16(25)20-18(26)22(15)3)23(17)9-11(24)10-28-13-7-5-12(27-4)6-8-13/h5-8,11,24H,9-10H2,1-4H3,(H,20,25,26)/t11-/m1/s1. The van der Waals surface area contributed by atoms with Crippen molar-refractivity contribution in [3.63, 3.8) is 0 Å². The van der Waals surface area contributed by atoms with Crippen molar-refractivity contribution in [1.29, 1.82) is 0 Å². The van der Waals surface area contributed by atoms with E-state index in [-0.39, 0.29) is 24.3 Å². The Labute approximate surface area is 160 Å². The van der Waals surface area contributed by atoms with Crippen molar-refractivity contribution in [3.05, 3.63) is 45.1 Å². The second kappa shape index (κ2) is 7.77. The zero-order valence-corrected chi connectivity index (χ0v) is 16.2. The lowest BCUT2D eigenvalue weighted by Crippen LogP contribution is -2.31. The number of imidazole rings is 1. The summed E-state index contributed by atoms with van der Waals surface area (Å²) in [7, 11) is 6.64. The third kappa shape index (κ3) is 3.72. The van der Waals surface area contributed by atoms with Crippen LogP contribution in [0.1, 0.15) is 0 Å². The van der Waals surface area contributed by atoms with E-state index in [1.807, 2.05) is 0 Å². The van der Waals surface area contributed by atoms with Crippen LogP contribution in [0, 0.1) is 0 Å². The number of aliphatic hydroxyl groups excluding tert-OH is 1. The third-order valence-corrected chi connectivity index (χ3v) is 4.28. The van der Waals surface area contributed by atoms with Crippen molar-refractivity contribution in [2.45, 2.75) is 12.6 Å². The fourth-order valence-electron chi connectivity index (χ4n) is 2.87. The number of benzene rings is 1. The number of aliphatic hydroxyl groups is 1. The van der Waals surface area contributed by atoms with Gasteiger partial charge in [-0.25, -0.2) is 4.79 Å². The van der Waals surface area contributed by atoms with Gasteiger partial charge >= 0.3 is 5.69 Å². The molecule has 2 N–H and O–H groups in total. The van der Waals surface area contributed by atoms with Crippen LogP contribution in [0.4, 0.5) is 5.95 Å². The van der Waals surface area contributed by atoms with Gasteiger partial charge in [-0.1, -0.05) is 0 Å². The highest BCUT2D eigenvalue weighted by Crippen LogP contribution is 2.19. The smallest absolute Gasteiger partial charge is 0.329 e. The van der Waals surface area contributed by atoms with Crippen LogP contribution in [-0.2, 0) is 13.6 Å². The number of anilines is 1. The monoisotopic (exact) mass is 389 g/mol. The Morgan fingerprint density at radius 2 is 1.86 bits per heavy atom. The molecule has 2 heterocycles. The zero-order valence-electron chi connectivity index (χ0n) is 16.2. The maximum absolute atomic E-state index is 12.4. The molecular formula is C18H23N5O5. The molecule has 3 rings (SSSR count). The van der Waals surface area contributed by atoms with Gasteiger partial charge in [0.25, 0.3) is 5.56 Å². The lowest BCUT2D eigenvalue weighted by Gasteiger charge is -2.18. The van der Waals surface area contributed by atoms with E-state index in [9.17, 15) is 14.7 Å². The van der Waals surface area contributed by atoms with Gasteiger partial charge in [0.2, 0.25) is 5.95 Å². The molecule has 2 aromatic heterocycles. The molecule has 28 heavy (non-hydrogen) atoms. The van der Waals surface area contributed by atoms with E-state index < -0.39 is 17.4 Å². The summed E-state index contributed by atoms with van der Waals surface area (Å²) in [5.74, 6) is 1.74. The summed E-state index contributed by atoms with van der Waals surface area (Å²) in [5.41, 5.74) is -0.632. The topological polar surface area (TPSA) is 115 Å². The average Bonchev–Trinajstić information content (AvgIpc) is 3.05. The molecule has 0 radical (unpaired) electrons. The van der Waals surface area contributed by atoms with E-state index in [0.29, 0.717) is 17.4 Å². The van der Waals surface area contributed by atoms with Gasteiger partial charge in [-0.2, -0.15) is 4.98 Å². The molecule has 10 heteroatoms. The normalized spacial score (nSPS) is 12.2. The maximum atomic E-state index is 12.4. The Balaban J connectivity index is 1.86. The molecule has 10 nitrogen and oxygen atoms in total. The molecule has 0 unspecified atom stereocenters. The first-order valence-corrected chi connectivity index (χ1v) is 8.63. The highest BCUT2D eigenvalue weighted by atomic mass is 16.5. The van der Waals surface area contributed by atoms with Gasteiger partial charge < -0.3 is 24.0 Å². The molecule has 0 spiro atoms. The van der Waals surface area contributed by atoms with Crippen LogP contribution >= 0.6 is 0 Å². The SMILES string of the molecule is COc1ccc(OC[C@H](O)Cn2c(N(C)C)nc3c2c(=O)[nH]c(=O)n3C)cc1. The van der Waals surface area contributed by atoms with Gasteiger partial charge in [-0.15, -0.1) is 0 Å². The molecule has 0 aliphatic heterocycles. The number of H-pyrrole nitrogens is 1. The van der Waals surface area contributed by atoms with E-state index in [1.54, 1.807) is 54.9 Å². The number of nitrogens with one attached hydrogen (secondary N) is 1. The summed E-state index contributed by atoms with van der Waals surface area (Å²) in [6.45, 7) is 0.0873. The Kier molecular flexibility index (Phi) is 5.41. The van der Waals surface area contributed by atoms with E-state index in [2.05, 4.69) is 9.97 Å². The largest absolute Gasteiger partial charge is 0.497 e. The molecule has 0 fully saturated rings.